The molecule has 0 aliphatic carbocycles. The summed E-state index contributed by atoms with van der Waals surface area (Å²) in [4.78, 5) is 13.0. The summed E-state index contributed by atoms with van der Waals surface area (Å²) in [6.07, 6.45) is 1.83. The number of hydrogen-bond acceptors (Lipinski definition) is 4. The number of carbonyl (C=O) groups excluding carboxylic acids is 1. The molecule has 3 rings (SSSR count). The lowest BCUT2D eigenvalue weighted by Crippen LogP contribution is -2.43. The van der Waals surface area contributed by atoms with Crippen LogP contribution in [0.25, 0.3) is 0 Å². The monoisotopic (exact) mass is 486 g/mol. The standard InChI is InChI=1S/C27H38N2O4S/c1-19-18-20(2)22(4)26(21(19)3)34(31,32)29-15-12-25(13-16-29)27(30)28-14-9-17-33-23(5)24-10-7-6-8-11-24/h6-8,10-11,18,23,25H,9,12-17H2,1-5H3,(H,28,30). The van der Waals surface area contributed by atoms with Crippen molar-refractivity contribution in [1.29, 1.82) is 0 Å². The maximum atomic E-state index is 13.4. The van der Waals surface area contributed by atoms with Crippen LogP contribution in [-0.4, -0.2) is 44.9 Å². The number of rotatable bonds is 9. The average molecular weight is 487 g/mol. The van der Waals surface area contributed by atoms with Gasteiger partial charge in [0.15, 0.2) is 0 Å². The van der Waals surface area contributed by atoms with Crippen LogP contribution in [-0.2, 0) is 19.6 Å². The lowest BCUT2D eigenvalue weighted by molar-refractivity contribution is -0.126. The number of carbonyl (C=O) groups is 1. The molecular formula is C27H38N2O4S. The number of hydrogen-bond donors (Lipinski definition) is 1. The normalized spacial score (nSPS) is 16.4. The highest BCUT2D eigenvalue weighted by Crippen LogP contribution is 2.31. The molecule has 1 atom stereocenters. The minimum absolute atomic E-state index is 0.00640. The van der Waals surface area contributed by atoms with Gasteiger partial charge in [0, 0.05) is 32.2 Å². The minimum atomic E-state index is -3.59. The second-order valence-electron chi connectivity index (χ2n) is 9.34. The molecular weight excluding hydrogens is 448 g/mol. The van der Waals surface area contributed by atoms with Crippen LogP contribution in [0.3, 0.4) is 0 Å². The van der Waals surface area contributed by atoms with Crippen molar-refractivity contribution in [3.8, 4) is 0 Å². The zero-order chi connectivity index (χ0) is 24.9. The SMILES string of the molecule is Cc1cc(C)c(C)c(S(=O)(=O)N2CCC(C(=O)NCCCOC(C)c3ccccc3)CC2)c1C. The smallest absolute Gasteiger partial charge is 0.243 e. The van der Waals surface area contributed by atoms with E-state index in [4.69, 9.17) is 4.74 Å². The Balaban J connectivity index is 1.46. The van der Waals surface area contributed by atoms with Crippen LogP contribution < -0.4 is 5.32 Å². The van der Waals surface area contributed by atoms with Crippen molar-refractivity contribution in [2.75, 3.05) is 26.2 Å². The number of sulfonamides is 1. The van der Waals surface area contributed by atoms with Gasteiger partial charge in [-0.25, -0.2) is 8.42 Å². The Kier molecular flexibility index (Phi) is 8.90. The lowest BCUT2D eigenvalue weighted by atomic mass is 9.97. The van der Waals surface area contributed by atoms with Crippen molar-refractivity contribution in [3.63, 3.8) is 0 Å². The highest BCUT2D eigenvalue weighted by molar-refractivity contribution is 7.89. The topological polar surface area (TPSA) is 75.7 Å². The third-order valence-electron chi connectivity index (χ3n) is 6.98. The van der Waals surface area contributed by atoms with E-state index in [1.54, 1.807) is 4.31 Å². The number of amides is 1. The predicted octanol–water partition coefficient (Wildman–Crippen LogP) is 4.61. The zero-order valence-corrected chi connectivity index (χ0v) is 21.9. The van der Waals surface area contributed by atoms with Crippen molar-refractivity contribution in [1.82, 2.24) is 9.62 Å². The van der Waals surface area contributed by atoms with Gasteiger partial charge in [-0.3, -0.25) is 4.79 Å². The van der Waals surface area contributed by atoms with E-state index < -0.39 is 10.0 Å². The van der Waals surface area contributed by atoms with Gasteiger partial charge >= 0.3 is 0 Å². The Morgan fingerprint density at radius 3 is 2.24 bits per heavy atom. The van der Waals surface area contributed by atoms with Crippen LogP contribution in [0.1, 0.15) is 60.1 Å². The van der Waals surface area contributed by atoms with Gasteiger partial charge in [0.1, 0.15) is 0 Å². The molecule has 1 unspecified atom stereocenters. The molecule has 7 heteroatoms. The lowest BCUT2D eigenvalue weighted by Gasteiger charge is -2.31. The van der Waals surface area contributed by atoms with Gasteiger partial charge in [0.25, 0.3) is 0 Å². The van der Waals surface area contributed by atoms with E-state index in [0.717, 1.165) is 34.2 Å². The second-order valence-corrected chi connectivity index (χ2v) is 11.2. The Morgan fingerprint density at radius 2 is 1.65 bits per heavy atom. The molecule has 0 bridgehead atoms. The molecule has 1 amide bonds. The molecule has 1 fully saturated rings. The molecule has 34 heavy (non-hydrogen) atoms. The molecule has 1 aliphatic rings. The molecule has 1 N–H and O–H groups in total. The fraction of sp³-hybridized carbons (Fsp3) is 0.519. The van der Waals surface area contributed by atoms with Gasteiger partial charge in [0.05, 0.1) is 11.0 Å². The van der Waals surface area contributed by atoms with Crippen molar-refractivity contribution in [2.24, 2.45) is 5.92 Å². The second kappa shape index (κ2) is 11.5. The third-order valence-corrected chi connectivity index (χ3v) is 9.15. The number of benzene rings is 2. The van der Waals surface area contributed by atoms with Gasteiger partial charge in [-0.05, 0) is 81.7 Å². The van der Waals surface area contributed by atoms with Gasteiger partial charge < -0.3 is 10.1 Å². The number of nitrogens with one attached hydrogen (secondary N) is 1. The largest absolute Gasteiger partial charge is 0.374 e. The number of aryl methyl sites for hydroxylation is 2. The van der Waals surface area contributed by atoms with Crippen LogP contribution in [0.2, 0.25) is 0 Å². The quantitative estimate of drug-likeness (QED) is 0.526. The van der Waals surface area contributed by atoms with Gasteiger partial charge in [-0.15, -0.1) is 0 Å². The Hall–Kier alpha value is -2.22. The average Bonchev–Trinajstić information content (AvgIpc) is 2.83. The summed E-state index contributed by atoms with van der Waals surface area (Å²) in [7, 11) is -3.59. The van der Waals surface area contributed by atoms with E-state index in [1.807, 2.05) is 71.0 Å². The van der Waals surface area contributed by atoms with E-state index in [2.05, 4.69) is 5.32 Å². The Morgan fingerprint density at radius 1 is 1.06 bits per heavy atom. The minimum Gasteiger partial charge on any atom is -0.374 e. The molecule has 2 aromatic rings. The van der Waals surface area contributed by atoms with Gasteiger partial charge in [-0.2, -0.15) is 4.31 Å². The number of ether oxygens (including phenoxy) is 1. The molecule has 0 spiro atoms. The third kappa shape index (κ3) is 6.06. The fourth-order valence-electron chi connectivity index (χ4n) is 4.56. The molecule has 0 saturated carbocycles. The molecule has 2 aromatic carbocycles. The maximum Gasteiger partial charge on any atom is 0.243 e. The van der Waals surface area contributed by atoms with Crippen molar-refractivity contribution in [3.05, 3.63) is 64.2 Å². The molecule has 1 saturated heterocycles. The summed E-state index contributed by atoms with van der Waals surface area (Å²) in [5, 5.41) is 3.00. The molecule has 0 aromatic heterocycles. The number of piperidine rings is 1. The highest BCUT2D eigenvalue weighted by atomic mass is 32.2. The number of nitrogens with zero attached hydrogens (tertiary/aromatic N) is 1. The van der Waals surface area contributed by atoms with E-state index in [0.29, 0.717) is 44.0 Å². The summed E-state index contributed by atoms with van der Waals surface area (Å²) in [6, 6.07) is 12.1. The first-order valence-electron chi connectivity index (χ1n) is 12.1. The van der Waals surface area contributed by atoms with E-state index in [9.17, 15) is 13.2 Å². The van der Waals surface area contributed by atoms with Crippen molar-refractivity contribution < 1.29 is 17.9 Å². The Labute approximate surface area is 204 Å². The van der Waals surface area contributed by atoms with Gasteiger partial charge in [0.2, 0.25) is 15.9 Å². The van der Waals surface area contributed by atoms with Crippen LogP contribution in [0, 0.1) is 33.6 Å². The van der Waals surface area contributed by atoms with Crippen LogP contribution in [0.5, 0.6) is 0 Å². The first-order valence-corrected chi connectivity index (χ1v) is 13.6. The van der Waals surface area contributed by atoms with E-state index in [1.165, 1.54) is 0 Å². The zero-order valence-electron chi connectivity index (χ0n) is 21.1. The first-order chi connectivity index (χ1) is 16.1. The molecule has 0 radical (unpaired) electrons. The first kappa shape index (κ1) is 26.4. The summed E-state index contributed by atoms with van der Waals surface area (Å²) in [5.41, 5.74) is 4.73. The summed E-state index contributed by atoms with van der Waals surface area (Å²) < 4.78 is 34.3. The Bertz CT molecular complexity index is 1070. The van der Waals surface area contributed by atoms with Crippen LogP contribution in [0.15, 0.2) is 41.3 Å². The van der Waals surface area contributed by atoms with E-state index >= 15 is 0 Å². The fourth-order valence-corrected chi connectivity index (χ4v) is 6.61. The van der Waals surface area contributed by atoms with Crippen molar-refractivity contribution in [2.45, 2.75) is 64.9 Å². The maximum absolute atomic E-state index is 13.4. The van der Waals surface area contributed by atoms with E-state index in [-0.39, 0.29) is 17.9 Å². The summed E-state index contributed by atoms with van der Waals surface area (Å²) >= 11 is 0. The highest BCUT2D eigenvalue weighted by Gasteiger charge is 2.34. The molecule has 1 heterocycles. The molecule has 1 aliphatic heterocycles. The van der Waals surface area contributed by atoms with Crippen LogP contribution >= 0.6 is 0 Å². The molecule has 186 valence electrons. The van der Waals surface area contributed by atoms with Gasteiger partial charge in [-0.1, -0.05) is 36.4 Å². The van der Waals surface area contributed by atoms with Crippen molar-refractivity contribution >= 4 is 15.9 Å². The molecule has 6 nitrogen and oxygen atoms in total. The predicted molar refractivity (Wildman–Crippen MR) is 135 cm³/mol. The van der Waals surface area contributed by atoms with Crippen LogP contribution in [0.4, 0.5) is 0 Å². The summed E-state index contributed by atoms with van der Waals surface area (Å²) in [5.74, 6) is -0.149. The summed E-state index contributed by atoms with van der Waals surface area (Å²) in [6.45, 7) is 11.5.